The summed E-state index contributed by atoms with van der Waals surface area (Å²) in [6.07, 6.45) is 2.60. The Morgan fingerprint density at radius 1 is 0.955 bits per heavy atom. The van der Waals surface area contributed by atoms with E-state index in [0.29, 0.717) is 6.61 Å². The summed E-state index contributed by atoms with van der Waals surface area (Å²) < 4.78 is 6.14. The normalized spacial score (nSPS) is 10.6. The topological polar surface area (TPSA) is 9.23 Å². The van der Waals surface area contributed by atoms with Gasteiger partial charge >= 0.3 is 0 Å². The summed E-state index contributed by atoms with van der Waals surface area (Å²) in [5, 5.41) is 2.81. The monoisotopic (exact) mass is 308 g/mol. The third-order valence-electron chi connectivity index (χ3n) is 3.61. The first kappa shape index (κ1) is 14.7. The zero-order chi connectivity index (χ0) is 15.4. The van der Waals surface area contributed by atoms with Crippen LogP contribution in [-0.4, -0.2) is 0 Å². The molecule has 1 nitrogen and oxygen atoms in total. The van der Waals surface area contributed by atoms with Gasteiger partial charge in [0, 0.05) is 21.4 Å². The predicted octanol–water partition coefficient (Wildman–Crippen LogP) is 5.80. The molecule has 0 heterocycles. The third-order valence-corrected chi connectivity index (χ3v) is 3.92. The Labute approximate surface area is 135 Å². The standard InChI is InChI=1S/C20H17ClO/c1-2-8-16-13-19(21)17-11-6-7-12-18(17)20(16)22-14-15-9-4-3-5-10-15/h2-7,9-13H,1,8,14H2. The second-order valence-corrected chi connectivity index (χ2v) is 5.57. The highest BCUT2D eigenvalue weighted by Gasteiger charge is 2.11. The van der Waals surface area contributed by atoms with Crippen LogP contribution in [0.25, 0.3) is 10.8 Å². The van der Waals surface area contributed by atoms with Gasteiger partial charge in [-0.05, 0) is 18.1 Å². The molecule has 3 rings (SSSR count). The van der Waals surface area contributed by atoms with E-state index in [1.165, 1.54) is 0 Å². The second kappa shape index (κ2) is 6.67. The predicted molar refractivity (Wildman–Crippen MR) is 93.6 cm³/mol. The largest absolute Gasteiger partial charge is 0.488 e. The molecule has 0 atom stereocenters. The van der Waals surface area contributed by atoms with Gasteiger partial charge in [-0.25, -0.2) is 0 Å². The number of hydrogen-bond acceptors (Lipinski definition) is 1. The van der Waals surface area contributed by atoms with Gasteiger partial charge in [-0.2, -0.15) is 0 Å². The van der Waals surface area contributed by atoms with Crippen LogP contribution in [0, 0.1) is 0 Å². The Hall–Kier alpha value is -2.25. The lowest BCUT2D eigenvalue weighted by atomic mass is 10.0. The Morgan fingerprint density at radius 2 is 1.64 bits per heavy atom. The molecule has 0 saturated carbocycles. The summed E-state index contributed by atoms with van der Waals surface area (Å²) in [5.41, 5.74) is 2.21. The van der Waals surface area contributed by atoms with Crippen molar-refractivity contribution < 1.29 is 4.74 Å². The third kappa shape index (κ3) is 3.00. The lowest BCUT2D eigenvalue weighted by Crippen LogP contribution is -1.99. The van der Waals surface area contributed by atoms with Crippen LogP contribution in [-0.2, 0) is 13.0 Å². The molecule has 0 aliphatic heterocycles. The Bertz CT molecular complexity index is 793. The first-order valence-corrected chi connectivity index (χ1v) is 7.65. The van der Waals surface area contributed by atoms with Gasteiger partial charge in [-0.15, -0.1) is 6.58 Å². The van der Waals surface area contributed by atoms with Gasteiger partial charge in [0.2, 0.25) is 0 Å². The van der Waals surface area contributed by atoms with Gasteiger partial charge in [0.1, 0.15) is 12.4 Å². The summed E-state index contributed by atoms with van der Waals surface area (Å²) >= 11 is 6.40. The average molecular weight is 309 g/mol. The number of rotatable bonds is 5. The van der Waals surface area contributed by atoms with Crippen LogP contribution in [0.15, 0.2) is 73.3 Å². The Kier molecular flexibility index (Phi) is 4.45. The van der Waals surface area contributed by atoms with Crippen molar-refractivity contribution in [1.82, 2.24) is 0 Å². The fourth-order valence-electron chi connectivity index (χ4n) is 2.57. The van der Waals surface area contributed by atoms with E-state index in [1.807, 2.05) is 54.6 Å². The van der Waals surface area contributed by atoms with Gasteiger partial charge in [-0.3, -0.25) is 0 Å². The van der Waals surface area contributed by atoms with E-state index in [1.54, 1.807) is 0 Å². The van der Waals surface area contributed by atoms with E-state index in [-0.39, 0.29) is 0 Å². The van der Waals surface area contributed by atoms with Gasteiger partial charge in [0.15, 0.2) is 0 Å². The molecule has 2 heteroatoms. The van der Waals surface area contributed by atoms with E-state index in [2.05, 4.69) is 18.7 Å². The number of fused-ring (bicyclic) bond motifs is 1. The fourth-order valence-corrected chi connectivity index (χ4v) is 2.86. The molecule has 0 bridgehead atoms. The maximum absolute atomic E-state index is 6.40. The van der Waals surface area contributed by atoms with Crippen LogP contribution in [0.4, 0.5) is 0 Å². The fraction of sp³-hybridized carbons (Fsp3) is 0.100. The Balaban J connectivity index is 2.03. The summed E-state index contributed by atoms with van der Waals surface area (Å²) in [6.45, 7) is 4.36. The zero-order valence-electron chi connectivity index (χ0n) is 12.3. The van der Waals surface area contributed by atoms with Gasteiger partial charge in [-0.1, -0.05) is 72.3 Å². The highest BCUT2D eigenvalue weighted by molar-refractivity contribution is 6.35. The molecule has 3 aromatic rings. The molecule has 0 aliphatic rings. The molecule has 0 fully saturated rings. The average Bonchev–Trinajstić information content (AvgIpc) is 2.56. The first-order valence-electron chi connectivity index (χ1n) is 7.27. The van der Waals surface area contributed by atoms with Gasteiger partial charge < -0.3 is 4.74 Å². The molecule has 0 spiro atoms. The molecule has 22 heavy (non-hydrogen) atoms. The SMILES string of the molecule is C=CCc1cc(Cl)c2ccccc2c1OCc1ccccc1. The minimum absolute atomic E-state index is 0.538. The van der Waals surface area contributed by atoms with Crippen LogP contribution in [0.2, 0.25) is 5.02 Å². The highest BCUT2D eigenvalue weighted by atomic mass is 35.5. The zero-order valence-corrected chi connectivity index (χ0v) is 13.0. The van der Waals surface area contributed by atoms with Crippen LogP contribution < -0.4 is 4.74 Å². The molecule has 0 amide bonds. The lowest BCUT2D eigenvalue weighted by Gasteiger charge is -2.15. The van der Waals surface area contributed by atoms with E-state index >= 15 is 0 Å². The number of allylic oxidation sites excluding steroid dienone is 1. The maximum atomic E-state index is 6.40. The summed E-state index contributed by atoms with van der Waals surface area (Å²) in [6, 6.07) is 20.2. The van der Waals surface area contributed by atoms with Crippen molar-refractivity contribution in [2.45, 2.75) is 13.0 Å². The van der Waals surface area contributed by atoms with Crippen molar-refractivity contribution in [3.05, 3.63) is 89.5 Å². The molecule has 0 radical (unpaired) electrons. The minimum atomic E-state index is 0.538. The van der Waals surface area contributed by atoms with Crippen molar-refractivity contribution in [2.75, 3.05) is 0 Å². The van der Waals surface area contributed by atoms with Crippen molar-refractivity contribution >= 4 is 22.4 Å². The molecule has 3 aromatic carbocycles. The minimum Gasteiger partial charge on any atom is -0.488 e. The molecule has 0 aliphatic carbocycles. The molecule has 0 unspecified atom stereocenters. The van der Waals surface area contributed by atoms with Crippen molar-refractivity contribution in [3.63, 3.8) is 0 Å². The second-order valence-electron chi connectivity index (χ2n) is 5.16. The van der Waals surface area contributed by atoms with Crippen LogP contribution in [0.1, 0.15) is 11.1 Å². The molecule has 0 aromatic heterocycles. The number of hydrogen-bond donors (Lipinski definition) is 0. The summed E-state index contributed by atoms with van der Waals surface area (Å²) in [7, 11) is 0. The quantitative estimate of drug-likeness (QED) is 0.541. The highest BCUT2D eigenvalue weighted by Crippen LogP contribution is 2.36. The number of halogens is 1. The van der Waals surface area contributed by atoms with E-state index < -0.39 is 0 Å². The van der Waals surface area contributed by atoms with Crippen molar-refractivity contribution in [2.24, 2.45) is 0 Å². The number of ether oxygens (including phenoxy) is 1. The maximum Gasteiger partial charge on any atom is 0.131 e. The van der Waals surface area contributed by atoms with Gasteiger partial charge in [0.25, 0.3) is 0 Å². The van der Waals surface area contributed by atoms with Gasteiger partial charge in [0.05, 0.1) is 0 Å². The summed E-state index contributed by atoms with van der Waals surface area (Å²) in [5.74, 6) is 0.892. The molecule has 0 saturated heterocycles. The molecular weight excluding hydrogens is 292 g/mol. The summed E-state index contributed by atoms with van der Waals surface area (Å²) in [4.78, 5) is 0. The first-order chi connectivity index (χ1) is 10.8. The van der Waals surface area contributed by atoms with Crippen LogP contribution in [0.5, 0.6) is 5.75 Å². The van der Waals surface area contributed by atoms with E-state index in [9.17, 15) is 0 Å². The van der Waals surface area contributed by atoms with E-state index in [4.69, 9.17) is 16.3 Å². The lowest BCUT2D eigenvalue weighted by molar-refractivity contribution is 0.307. The van der Waals surface area contributed by atoms with Crippen molar-refractivity contribution in [1.29, 1.82) is 0 Å². The van der Waals surface area contributed by atoms with Crippen LogP contribution in [0.3, 0.4) is 0 Å². The van der Waals surface area contributed by atoms with Crippen LogP contribution >= 0.6 is 11.6 Å². The van der Waals surface area contributed by atoms with E-state index in [0.717, 1.165) is 39.1 Å². The number of benzene rings is 3. The smallest absolute Gasteiger partial charge is 0.131 e. The van der Waals surface area contributed by atoms with Crippen molar-refractivity contribution in [3.8, 4) is 5.75 Å². The molecule has 0 N–H and O–H groups in total. The molecule has 110 valence electrons. The Morgan fingerprint density at radius 3 is 2.36 bits per heavy atom. The molecular formula is C20H17ClO.